The van der Waals surface area contributed by atoms with Crippen molar-refractivity contribution >= 4 is 17.3 Å². The van der Waals surface area contributed by atoms with Crippen LogP contribution >= 0.6 is 11.6 Å². The first-order chi connectivity index (χ1) is 10.3. The van der Waals surface area contributed by atoms with E-state index in [0.29, 0.717) is 12.6 Å². The number of methoxy groups -OCH3 is 1. The minimum atomic E-state index is 0.399. The maximum Gasteiger partial charge on any atom is 0.0670 e. The third-order valence-corrected chi connectivity index (χ3v) is 4.16. The SMILES string of the molecule is CCC1COCCN1c1c(Cl)cccc1CNCCOC. The van der Waals surface area contributed by atoms with Crippen molar-refractivity contribution in [1.29, 1.82) is 0 Å². The topological polar surface area (TPSA) is 33.7 Å². The maximum absolute atomic E-state index is 6.49. The maximum atomic E-state index is 6.49. The van der Waals surface area contributed by atoms with Crippen LogP contribution < -0.4 is 10.2 Å². The fourth-order valence-corrected chi connectivity index (χ4v) is 3.01. The van der Waals surface area contributed by atoms with E-state index in [1.54, 1.807) is 7.11 Å². The van der Waals surface area contributed by atoms with E-state index in [9.17, 15) is 0 Å². The van der Waals surface area contributed by atoms with E-state index in [2.05, 4.69) is 23.2 Å². The summed E-state index contributed by atoms with van der Waals surface area (Å²) in [6.45, 7) is 6.98. The molecule has 1 aliphatic rings. The molecule has 1 aromatic rings. The molecule has 1 N–H and O–H groups in total. The fraction of sp³-hybridized carbons (Fsp3) is 0.625. The number of rotatable bonds is 7. The molecule has 1 atom stereocenters. The molecule has 5 heteroatoms. The van der Waals surface area contributed by atoms with Crippen LogP contribution in [0.25, 0.3) is 0 Å². The third kappa shape index (κ3) is 4.33. The predicted molar refractivity (Wildman–Crippen MR) is 87.3 cm³/mol. The summed E-state index contributed by atoms with van der Waals surface area (Å²) in [5, 5.41) is 4.22. The molecule has 0 amide bonds. The lowest BCUT2D eigenvalue weighted by atomic mass is 10.1. The van der Waals surface area contributed by atoms with Gasteiger partial charge in [-0.15, -0.1) is 0 Å². The summed E-state index contributed by atoms with van der Waals surface area (Å²) in [7, 11) is 1.71. The number of hydrogen-bond acceptors (Lipinski definition) is 4. The molecule has 21 heavy (non-hydrogen) atoms. The zero-order valence-electron chi connectivity index (χ0n) is 12.9. The lowest BCUT2D eigenvalue weighted by Gasteiger charge is -2.38. The monoisotopic (exact) mass is 312 g/mol. The highest BCUT2D eigenvalue weighted by atomic mass is 35.5. The first-order valence-corrected chi connectivity index (χ1v) is 7.97. The number of nitrogens with zero attached hydrogens (tertiary/aromatic N) is 1. The molecule has 1 heterocycles. The average molecular weight is 313 g/mol. The van der Waals surface area contributed by atoms with Gasteiger partial charge >= 0.3 is 0 Å². The van der Waals surface area contributed by atoms with Crippen LogP contribution in [0.1, 0.15) is 18.9 Å². The van der Waals surface area contributed by atoms with Crippen LogP contribution in [0, 0.1) is 0 Å². The summed E-state index contributed by atoms with van der Waals surface area (Å²) in [4.78, 5) is 2.40. The highest BCUT2D eigenvalue weighted by Gasteiger charge is 2.25. The van der Waals surface area contributed by atoms with Gasteiger partial charge in [0, 0.05) is 26.7 Å². The number of hydrogen-bond donors (Lipinski definition) is 1. The van der Waals surface area contributed by atoms with Gasteiger partial charge in [-0.05, 0) is 18.1 Å². The van der Waals surface area contributed by atoms with Crippen LogP contribution in [0.3, 0.4) is 0 Å². The van der Waals surface area contributed by atoms with Crippen molar-refractivity contribution in [3.63, 3.8) is 0 Å². The summed E-state index contributed by atoms with van der Waals surface area (Å²) < 4.78 is 10.7. The molecule has 0 aromatic heterocycles. The molecule has 2 rings (SSSR count). The zero-order valence-corrected chi connectivity index (χ0v) is 13.7. The van der Waals surface area contributed by atoms with Gasteiger partial charge in [0.25, 0.3) is 0 Å². The van der Waals surface area contributed by atoms with E-state index in [0.717, 1.165) is 50.0 Å². The lowest BCUT2D eigenvalue weighted by molar-refractivity contribution is 0.0929. The van der Waals surface area contributed by atoms with Gasteiger partial charge in [-0.25, -0.2) is 0 Å². The largest absolute Gasteiger partial charge is 0.383 e. The highest BCUT2D eigenvalue weighted by Crippen LogP contribution is 2.33. The van der Waals surface area contributed by atoms with Crippen molar-refractivity contribution in [2.45, 2.75) is 25.9 Å². The Kier molecular flexibility index (Phi) is 6.77. The van der Waals surface area contributed by atoms with Crippen LogP contribution in [0.4, 0.5) is 5.69 Å². The van der Waals surface area contributed by atoms with Crippen molar-refractivity contribution in [1.82, 2.24) is 5.32 Å². The molecular weight excluding hydrogens is 288 g/mol. The zero-order chi connectivity index (χ0) is 15.1. The second kappa shape index (κ2) is 8.59. The highest BCUT2D eigenvalue weighted by molar-refractivity contribution is 6.33. The van der Waals surface area contributed by atoms with Gasteiger partial charge in [0.05, 0.1) is 36.6 Å². The van der Waals surface area contributed by atoms with Crippen molar-refractivity contribution in [3.05, 3.63) is 28.8 Å². The van der Waals surface area contributed by atoms with Gasteiger partial charge < -0.3 is 19.7 Å². The number of halogens is 1. The summed E-state index contributed by atoms with van der Waals surface area (Å²) in [6.07, 6.45) is 1.06. The van der Waals surface area contributed by atoms with Crippen molar-refractivity contribution in [2.75, 3.05) is 44.9 Å². The summed E-state index contributed by atoms with van der Waals surface area (Å²) >= 11 is 6.49. The minimum absolute atomic E-state index is 0.399. The Morgan fingerprint density at radius 3 is 3.10 bits per heavy atom. The summed E-state index contributed by atoms with van der Waals surface area (Å²) in [6, 6.07) is 6.53. The summed E-state index contributed by atoms with van der Waals surface area (Å²) in [5.41, 5.74) is 2.39. The second-order valence-electron chi connectivity index (χ2n) is 5.25. The third-order valence-electron chi connectivity index (χ3n) is 3.85. The van der Waals surface area contributed by atoms with Crippen LogP contribution in [-0.4, -0.2) is 46.1 Å². The number of ether oxygens (including phenoxy) is 2. The van der Waals surface area contributed by atoms with Crippen LogP contribution in [0.5, 0.6) is 0 Å². The molecule has 1 saturated heterocycles. The molecule has 0 radical (unpaired) electrons. The van der Waals surface area contributed by atoms with Crippen molar-refractivity contribution in [3.8, 4) is 0 Å². The molecule has 1 fully saturated rings. The van der Waals surface area contributed by atoms with E-state index in [4.69, 9.17) is 21.1 Å². The molecule has 1 unspecified atom stereocenters. The second-order valence-corrected chi connectivity index (χ2v) is 5.65. The van der Waals surface area contributed by atoms with Crippen LogP contribution in [0.2, 0.25) is 5.02 Å². The number of para-hydroxylation sites is 1. The van der Waals surface area contributed by atoms with Gasteiger partial charge in [0.2, 0.25) is 0 Å². The van der Waals surface area contributed by atoms with Crippen molar-refractivity contribution in [2.24, 2.45) is 0 Å². The molecule has 118 valence electrons. The average Bonchev–Trinajstić information content (AvgIpc) is 2.52. The molecule has 0 aliphatic carbocycles. The van der Waals surface area contributed by atoms with E-state index in [1.807, 2.05) is 12.1 Å². The number of nitrogens with one attached hydrogen (secondary N) is 1. The fourth-order valence-electron chi connectivity index (χ4n) is 2.71. The Balaban J connectivity index is 2.16. The first-order valence-electron chi connectivity index (χ1n) is 7.59. The molecule has 4 nitrogen and oxygen atoms in total. The molecular formula is C16H25ClN2O2. The molecule has 0 bridgehead atoms. The van der Waals surface area contributed by atoms with Crippen LogP contribution in [-0.2, 0) is 16.0 Å². The van der Waals surface area contributed by atoms with Gasteiger partial charge in [0.1, 0.15) is 0 Å². The Morgan fingerprint density at radius 1 is 1.48 bits per heavy atom. The standard InChI is InChI=1S/C16H25ClN2O2/c1-3-14-12-21-10-8-19(14)16-13(5-4-6-15(16)17)11-18-7-9-20-2/h4-6,14,18H,3,7-12H2,1-2H3. The van der Waals surface area contributed by atoms with Crippen molar-refractivity contribution < 1.29 is 9.47 Å². The quantitative estimate of drug-likeness (QED) is 0.785. The van der Waals surface area contributed by atoms with Gasteiger partial charge in [-0.2, -0.15) is 0 Å². The van der Waals surface area contributed by atoms with E-state index in [-0.39, 0.29) is 0 Å². The molecule has 0 saturated carbocycles. The van der Waals surface area contributed by atoms with Crippen LogP contribution in [0.15, 0.2) is 18.2 Å². The molecule has 1 aromatic carbocycles. The predicted octanol–water partition coefficient (Wildman–Crippen LogP) is 2.69. The Morgan fingerprint density at radius 2 is 2.33 bits per heavy atom. The van der Waals surface area contributed by atoms with Gasteiger partial charge in [-0.1, -0.05) is 30.7 Å². The lowest BCUT2D eigenvalue weighted by Crippen LogP contribution is -2.46. The van der Waals surface area contributed by atoms with Gasteiger partial charge in [0.15, 0.2) is 0 Å². The smallest absolute Gasteiger partial charge is 0.0670 e. The normalized spacial score (nSPS) is 19.0. The number of anilines is 1. The minimum Gasteiger partial charge on any atom is -0.383 e. The Bertz CT molecular complexity index is 442. The molecule has 0 spiro atoms. The van der Waals surface area contributed by atoms with E-state index in [1.165, 1.54) is 5.56 Å². The van der Waals surface area contributed by atoms with E-state index >= 15 is 0 Å². The summed E-state index contributed by atoms with van der Waals surface area (Å²) in [5.74, 6) is 0. The van der Waals surface area contributed by atoms with Gasteiger partial charge in [-0.3, -0.25) is 0 Å². The Hall–Kier alpha value is -0.810. The number of benzene rings is 1. The number of morpholine rings is 1. The Labute approximate surface area is 132 Å². The first kappa shape index (κ1) is 16.6. The molecule has 1 aliphatic heterocycles. The van der Waals surface area contributed by atoms with E-state index < -0.39 is 0 Å².